The minimum Gasteiger partial charge on any atom is -0.350 e. The third-order valence-corrected chi connectivity index (χ3v) is 6.28. The molecule has 0 spiro atoms. The molecule has 152 valence electrons. The Bertz CT molecular complexity index is 780. The number of nitrogens with zero attached hydrogens (tertiary/aromatic N) is 3. The van der Waals surface area contributed by atoms with Gasteiger partial charge in [-0.15, -0.1) is 17.5 Å². The molecule has 0 radical (unpaired) electrons. The lowest BCUT2D eigenvalue weighted by Gasteiger charge is -2.30. The molecule has 2 fully saturated rings. The fourth-order valence-corrected chi connectivity index (χ4v) is 4.52. The second kappa shape index (κ2) is 9.25. The highest BCUT2D eigenvalue weighted by molar-refractivity contribution is 6.30. The zero-order valence-electron chi connectivity index (χ0n) is 15.9. The molecule has 2 heterocycles. The maximum atomic E-state index is 12.7. The molecule has 2 aliphatic rings. The van der Waals surface area contributed by atoms with Gasteiger partial charge in [-0.05, 0) is 56.5 Å². The lowest BCUT2D eigenvalue weighted by atomic mass is 9.79. The Morgan fingerprint density at radius 2 is 1.89 bits per heavy atom. The average molecular weight is 424 g/mol. The Kier molecular flexibility index (Phi) is 6.96. The summed E-state index contributed by atoms with van der Waals surface area (Å²) in [6.45, 7) is 2.58. The van der Waals surface area contributed by atoms with Gasteiger partial charge >= 0.3 is 0 Å². The predicted molar refractivity (Wildman–Crippen MR) is 112 cm³/mol. The van der Waals surface area contributed by atoms with Gasteiger partial charge in [-0.25, -0.2) is 4.68 Å². The Morgan fingerprint density at radius 3 is 2.57 bits per heavy atom. The molecule has 0 bridgehead atoms. The Labute approximate surface area is 176 Å². The van der Waals surface area contributed by atoms with Crippen molar-refractivity contribution in [2.75, 3.05) is 19.6 Å². The summed E-state index contributed by atoms with van der Waals surface area (Å²) < 4.78 is 1.85. The van der Waals surface area contributed by atoms with E-state index >= 15 is 0 Å². The monoisotopic (exact) mass is 423 g/mol. The van der Waals surface area contributed by atoms with Crippen molar-refractivity contribution in [1.29, 1.82) is 0 Å². The third kappa shape index (κ3) is 4.50. The van der Waals surface area contributed by atoms with Crippen LogP contribution in [0.1, 0.15) is 60.6 Å². The van der Waals surface area contributed by atoms with Crippen molar-refractivity contribution in [2.45, 2.75) is 50.0 Å². The number of carbonyl (C=O) groups is 1. The fraction of sp³-hybridized carbons (Fsp3) is 0.550. The second-order valence-corrected chi connectivity index (χ2v) is 8.18. The van der Waals surface area contributed by atoms with Crippen molar-refractivity contribution < 1.29 is 4.79 Å². The van der Waals surface area contributed by atoms with E-state index in [0.29, 0.717) is 18.3 Å². The van der Waals surface area contributed by atoms with Crippen LogP contribution in [-0.2, 0) is 5.41 Å². The highest BCUT2D eigenvalue weighted by Crippen LogP contribution is 2.41. The van der Waals surface area contributed by atoms with Crippen LogP contribution in [0.25, 0.3) is 0 Å². The van der Waals surface area contributed by atoms with Crippen LogP contribution in [0.15, 0.2) is 30.5 Å². The summed E-state index contributed by atoms with van der Waals surface area (Å²) in [6, 6.07) is 8.38. The summed E-state index contributed by atoms with van der Waals surface area (Å²) in [5.41, 5.74) is 1.64. The van der Waals surface area contributed by atoms with Crippen LogP contribution in [0.5, 0.6) is 0 Å². The number of carbonyl (C=O) groups excluding carboxylic acids is 1. The average Bonchev–Trinajstić information content (AvgIpc) is 3.38. The molecule has 0 unspecified atom stereocenters. The van der Waals surface area contributed by atoms with Gasteiger partial charge in [-0.1, -0.05) is 41.8 Å². The molecule has 1 aliphatic heterocycles. The van der Waals surface area contributed by atoms with Crippen molar-refractivity contribution in [3.05, 3.63) is 46.7 Å². The maximum absolute atomic E-state index is 12.7. The minimum absolute atomic E-state index is 0. The van der Waals surface area contributed by atoms with E-state index in [4.69, 9.17) is 11.6 Å². The highest BCUT2D eigenvalue weighted by atomic mass is 35.5. The first-order valence-corrected chi connectivity index (χ1v) is 10.2. The van der Waals surface area contributed by atoms with Gasteiger partial charge < -0.3 is 10.6 Å². The van der Waals surface area contributed by atoms with E-state index in [0.717, 1.165) is 43.8 Å². The molecule has 28 heavy (non-hydrogen) atoms. The van der Waals surface area contributed by atoms with Crippen molar-refractivity contribution >= 4 is 29.9 Å². The first-order valence-electron chi connectivity index (χ1n) is 9.83. The van der Waals surface area contributed by atoms with Gasteiger partial charge in [0.25, 0.3) is 5.91 Å². The maximum Gasteiger partial charge on any atom is 0.273 e. The normalized spacial score (nSPS) is 19.2. The lowest BCUT2D eigenvalue weighted by molar-refractivity contribution is 0.0938. The Balaban J connectivity index is 0.00000225. The van der Waals surface area contributed by atoms with Crippen LogP contribution in [0.2, 0.25) is 5.02 Å². The lowest BCUT2D eigenvalue weighted by Crippen LogP contribution is -2.39. The van der Waals surface area contributed by atoms with Crippen LogP contribution >= 0.6 is 24.0 Å². The SMILES string of the molecule is Cl.O=C(NCC1(c2ccc(Cl)cc2)CCCC1)c1cn(C2CCNCC2)nn1. The van der Waals surface area contributed by atoms with E-state index in [1.165, 1.54) is 18.4 Å². The summed E-state index contributed by atoms with van der Waals surface area (Å²) in [6.07, 6.45) is 8.35. The van der Waals surface area contributed by atoms with Crippen molar-refractivity contribution in [1.82, 2.24) is 25.6 Å². The third-order valence-electron chi connectivity index (χ3n) is 6.03. The van der Waals surface area contributed by atoms with Crippen LogP contribution in [0.3, 0.4) is 0 Å². The highest BCUT2D eigenvalue weighted by Gasteiger charge is 2.36. The van der Waals surface area contributed by atoms with E-state index in [2.05, 4.69) is 33.1 Å². The van der Waals surface area contributed by atoms with E-state index < -0.39 is 0 Å². The van der Waals surface area contributed by atoms with Crippen LogP contribution in [-0.4, -0.2) is 40.5 Å². The number of benzene rings is 1. The topological polar surface area (TPSA) is 71.8 Å². The number of rotatable bonds is 5. The molecule has 1 aromatic carbocycles. The summed E-state index contributed by atoms with van der Waals surface area (Å²) in [7, 11) is 0. The molecule has 1 saturated heterocycles. The molecule has 4 rings (SSSR count). The molecule has 2 aromatic rings. The zero-order valence-corrected chi connectivity index (χ0v) is 17.4. The first-order chi connectivity index (χ1) is 13.2. The van der Waals surface area contributed by atoms with Crippen LogP contribution in [0, 0.1) is 0 Å². The van der Waals surface area contributed by atoms with Gasteiger partial charge in [0.05, 0.1) is 12.2 Å². The van der Waals surface area contributed by atoms with Gasteiger partial charge in [0.1, 0.15) is 0 Å². The number of nitrogens with one attached hydrogen (secondary N) is 2. The summed E-state index contributed by atoms with van der Waals surface area (Å²) in [5.74, 6) is -0.143. The number of piperidine rings is 1. The number of hydrogen-bond acceptors (Lipinski definition) is 4. The Hall–Kier alpha value is -1.63. The molecular formula is C20H27Cl2N5O. The number of hydrogen-bond donors (Lipinski definition) is 2. The summed E-state index contributed by atoms with van der Waals surface area (Å²) in [5, 5.41) is 15.5. The van der Waals surface area contributed by atoms with E-state index in [9.17, 15) is 4.79 Å². The predicted octanol–water partition coefficient (Wildman–Crippen LogP) is 3.52. The largest absolute Gasteiger partial charge is 0.350 e. The van der Waals surface area contributed by atoms with Gasteiger partial charge in [0, 0.05) is 17.0 Å². The quantitative estimate of drug-likeness (QED) is 0.771. The summed E-state index contributed by atoms with van der Waals surface area (Å²) in [4.78, 5) is 12.7. The second-order valence-electron chi connectivity index (χ2n) is 7.74. The van der Waals surface area contributed by atoms with E-state index in [1.54, 1.807) is 6.20 Å². The molecule has 8 heteroatoms. The smallest absolute Gasteiger partial charge is 0.273 e. The molecular weight excluding hydrogens is 397 g/mol. The summed E-state index contributed by atoms with van der Waals surface area (Å²) >= 11 is 6.05. The molecule has 6 nitrogen and oxygen atoms in total. The van der Waals surface area contributed by atoms with E-state index in [-0.39, 0.29) is 23.7 Å². The van der Waals surface area contributed by atoms with Crippen LogP contribution < -0.4 is 10.6 Å². The molecule has 1 aromatic heterocycles. The van der Waals surface area contributed by atoms with Crippen molar-refractivity contribution in [2.24, 2.45) is 0 Å². The molecule has 1 amide bonds. The molecule has 1 saturated carbocycles. The zero-order chi connectivity index (χ0) is 18.7. The number of aromatic nitrogens is 3. The van der Waals surface area contributed by atoms with Crippen molar-refractivity contribution in [3.63, 3.8) is 0 Å². The minimum atomic E-state index is -0.143. The van der Waals surface area contributed by atoms with Gasteiger partial charge in [-0.3, -0.25) is 4.79 Å². The number of halogens is 2. The molecule has 2 N–H and O–H groups in total. The van der Waals surface area contributed by atoms with Gasteiger partial charge in [0.2, 0.25) is 0 Å². The fourth-order valence-electron chi connectivity index (χ4n) is 4.39. The first kappa shape index (κ1) is 21.1. The number of amides is 1. The van der Waals surface area contributed by atoms with Gasteiger partial charge in [-0.2, -0.15) is 0 Å². The molecule has 1 aliphatic carbocycles. The van der Waals surface area contributed by atoms with Gasteiger partial charge in [0.15, 0.2) is 5.69 Å². The Morgan fingerprint density at radius 1 is 1.21 bits per heavy atom. The van der Waals surface area contributed by atoms with E-state index in [1.807, 2.05) is 16.8 Å². The standard InChI is InChI=1S/C20H26ClN5O.ClH/c21-16-5-3-15(4-6-16)20(9-1-2-10-20)14-23-19(27)18-13-26(25-24-18)17-7-11-22-12-8-17;/h3-6,13,17,22H,1-2,7-12,14H2,(H,23,27);1H. The van der Waals surface area contributed by atoms with Crippen molar-refractivity contribution in [3.8, 4) is 0 Å². The molecule has 0 atom stereocenters. The van der Waals surface area contributed by atoms with Crippen LogP contribution in [0.4, 0.5) is 0 Å².